The molecule has 0 heterocycles. The van der Waals surface area contributed by atoms with Gasteiger partial charge in [0.15, 0.2) is 15.6 Å². The van der Waals surface area contributed by atoms with E-state index in [-0.39, 0.29) is 4.90 Å². The van der Waals surface area contributed by atoms with E-state index in [4.69, 9.17) is 0 Å². The maximum absolute atomic E-state index is 11.6. The summed E-state index contributed by atoms with van der Waals surface area (Å²) in [6, 6.07) is 13.1. The SMILES string of the molecule is CC(=O)C(=O)c1ccc(-c2cccc(S(C)(=O)=O)c2)cc1. The number of ketones is 2. The second-order valence-electron chi connectivity index (χ2n) is 4.76. The van der Waals surface area contributed by atoms with Gasteiger partial charge < -0.3 is 0 Å². The largest absolute Gasteiger partial charge is 0.291 e. The van der Waals surface area contributed by atoms with Crippen LogP contribution in [0.2, 0.25) is 0 Å². The zero-order valence-electron chi connectivity index (χ0n) is 11.7. The number of carbonyl (C=O) groups excluding carboxylic acids is 2. The molecule has 0 saturated carbocycles. The van der Waals surface area contributed by atoms with Crippen LogP contribution >= 0.6 is 0 Å². The number of Topliss-reactive ketones (excluding diaryl/α,β-unsaturated/α-hetero) is 2. The predicted octanol–water partition coefficient (Wildman–Crippen LogP) is 2.53. The van der Waals surface area contributed by atoms with Gasteiger partial charge in [-0.2, -0.15) is 0 Å². The monoisotopic (exact) mass is 302 g/mol. The molecule has 0 spiro atoms. The van der Waals surface area contributed by atoms with Gasteiger partial charge in [-0.1, -0.05) is 36.4 Å². The zero-order valence-corrected chi connectivity index (χ0v) is 12.5. The summed E-state index contributed by atoms with van der Waals surface area (Å²) < 4.78 is 23.1. The average molecular weight is 302 g/mol. The molecule has 5 heteroatoms. The third-order valence-electron chi connectivity index (χ3n) is 3.06. The van der Waals surface area contributed by atoms with Gasteiger partial charge in [-0.3, -0.25) is 9.59 Å². The lowest BCUT2D eigenvalue weighted by atomic mass is 10.0. The van der Waals surface area contributed by atoms with Crippen LogP contribution in [0.15, 0.2) is 53.4 Å². The minimum atomic E-state index is -3.26. The van der Waals surface area contributed by atoms with Crippen LogP contribution < -0.4 is 0 Å². The van der Waals surface area contributed by atoms with Gasteiger partial charge in [-0.15, -0.1) is 0 Å². The summed E-state index contributed by atoms with van der Waals surface area (Å²) in [7, 11) is -3.26. The number of rotatable bonds is 4. The van der Waals surface area contributed by atoms with E-state index >= 15 is 0 Å². The Labute approximate surface area is 123 Å². The van der Waals surface area contributed by atoms with E-state index in [0.29, 0.717) is 5.56 Å². The Kier molecular flexibility index (Phi) is 4.04. The van der Waals surface area contributed by atoms with Gasteiger partial charge in [-0.05, 0) is 23.3 Å². The quantitative estimate of drug-likeness (QED) is 0.643. The van der Waals surface area contributed by atoms with Crippen molar-refractivity contribution in [3.63, 3.8) is 0 Å². The van der Waals surface area contributed by atoms with Gasteiger partial charge in [-0.25, -0.2) is 8.42 Å². The molecule has 0 bridgehead atoms. The summed E-state index contributed by atoms with van der Waals surface area (Å²) in [6.45, 7) is 1.23. The normalized spacial score (nSPS) is 11.1. The lowest BCUT2D eigenvalue weighted by Crippen LogP contribution is -2.09. The molecule has 0 aliphatic rings. The summed E-state index contributed by atoms with van der Waals surface area (Å²) in [5.41, 5.74) is 1.84. The molecule has 0 fully saturated rings. The first-order valence-electron chi connectivity index (χ1n) is 6.25. The number of hydrogen-bond donors (Lipinski definition) is 0. The van der Waals surface area contributed by atoms with Crippen LogP contribution in [0.4, 0.5) is 0 Å². The van der Waals surface area contributed by atoms with E-state index in [2.05, 4.69) is 0 Å². The molecule has 0 aromatic heterocycles. The standard InChI is InChI=1S/C16H14O4S/c1-11(17)16(18)13-8-6-12(7-9-13)14-4-3-5-15(10-14)21(2,19)20/h3-10H,1-2H3. The first-order chi connectivity index (χ1) is 9.79. The van der Waals surface area contributed by atoms with Crippen molar-refractivity contribution in [2.24, 2.45) is 0 Å². The number of benzene rings is 2. The molecule has 0 aliphatic carbocycles. The fourth-order valence-corrected chi connectivity index (χ4v) is 2.59. The highest BCUT2D eigenvalue weighted by Crippen LogP contribution is 2.23. The Morgan fingerprint density at radius 2 is 1.52 bits per heavy atom. The van der Waals surface area contributed by atoms with Gasteiger partial charge in [0.25, 0.3) is 0 Å². The average Bonchev–Trinajstić information content (AvgIpc) is 2.46. The Bertz CT molecular complexity index is 802. The second kappa shape index (κ2) is 5.61. The maximum Gasteiger partial charge on any atom is 0.228 e. The number of carbonyl (C=O) groups is 2. The van der Waals surface area contributed by atoms with E-state index in [1.807, 2.05) is 0 Å². The first-order valence-corrected chi connectivity index (χ1v) is 8.14. The second-order valence-corrected chi connectivity index (χ2v) is 6.78. The topological polar surface area (TPSA) is 68.3 Å². The summed E-state index contributed by atoms with van der Waals surface area (Å²) >= 11 is 0. The van der Waals surface area contributed by atoms with E-state index in [1.54, 1.807) is 42.5 Å². The van der Waals surface area contributed by atoms with Crippen molar-refractivity contribution in [1.29, 1.82) is 0 Å². The van der Waals surface area contributed by atoms with Gasteiger partial charge in [0.05, 0.1) is 4.90 Å². The van der Waals surface area contributed by atoms with Crippen molar-refractivity contribution < 1.29 is 18.0 Å². The van der Waals surface area contributed by atoms with E-state index in [9.17, 15) is 18.0 Å². The van der Waals surface area contributed by atoms with Crippen LogP contribution in [-0.2, 0) is 14.6 Å². The van der Waals surface area contributed by atoms with Crippen molar-refractivity contribution in [3.05, 3.63) is 54.1 Å². The van der Waals surface area contributed by atoms with E-state index < -0.39 is 21.4 Å². The zero-order chi connectivity index (χ0) is 15.6. The minimum Gasteiger partial charge on any atom is -0.291 e. The minimum absolute atomic E-state index is 0.240. The Hall–Kier alpha value is -2.27. The Morgan fingerprint density at radius 1 is 0.905 bits per heavy atom. The molecular weight excluding hydrogens is 288 g/mol. The van der Waals surface area contributed by atoms with Gasteiger partial charge >= 0.3 is 0 Å². The lowest BCUT2D eigenvalue weighted by molar-refractivity contribution is -0.113. The van der Waals surface area contributed by atoms with Crippen molar-refractivity contribution in [2.75, 3.05) is 6.26 Å². The van der Waals surface area contributed by atoms with Gasteiger partial charge in [0.2, 0.25) is 5.78 Å². The van der Waals surface area contributed by atoms with Crippen LogP contribution in [0.5, 0.6) is 0 Å². The first kappa shape index (κ1) is 15.1. The number of sulfone groups is 1. The molecule has 0 radical (unpaired) electrons. The summed E-state index contributed by atoms with van der Waals surface area (Å²) in [5.74, 6) is -1.05. The maximum atomic E-state index is 11.6. The van der Waals surface area contributed by atoms with Crippen molar-refractivity contribution in [1.82, 2.24) is 0 Å². The molecule has 2 aromatic carbocycles. The third kappa shape index (κ3) is 3.44. The van der Waals surface area contributed by atoms with Crippen LogP contribution in [-0.4, -0.2) is 26.2 Å². The molecule has 0 atom stereocenters. The van der Waals surface area contributed by atoms with Crippen molar-refractivity contribution >= 4 is 21.4 Å². The fourth-order valence-electron chi connectivity index (χ4n) is 1.92. The molecule has 108 valence electrons. The molecule has 4 nitrogen and oxygen atoms in total. The van der Waals surface area contributed by atoms with Gasteiger partial charge in [0, 0.05) is 18.7 Å². The Morgan fingerprint density at radius 3 is 2.05 bits per heavy atom. The van der Waals surface area contributed by atoms with E-state index in [1.165, 1.54) is 13.0 Å². The number of hydrogen-bond acceptors (Lipinski definition) is 4. The third-order valence-corrected chi connectivity index (χ3v) is 4.17. The van der Waals surface area contributed by atoms with Crippen molar-refractivity contribution in [2.45, 2.75) is 11.8 Å². The summed E-state index contributed by atoms with van der Waals surface area (Å²) in [5, 5.41) is 0. The highest BCUT2D eigenvalue weighted by atomic mass is 32.2. The van der Waals surface area contributed by atoms with E-state index in [0.717, 1.165) is 17.4 Å². The Balaban J connectivity index is 2.40. The smallest absolute Gasteiger partial charge is 0.228 e. The highest BCUT2D eigenvalue weighted by molar-refractivity contribution is 7.90. The fraction of sp³-hybridized carbons (Fsp3) is 0.125. The molecular formula is C16H14O4S. The van der Waals surface area contributed by atoms with Crippen LogP contribution in [0, 0.1) is 0 Å². The summed E-state index contributed by atoms with van der Waals surface area (Å²) in [6.07, 6.45) is 1.15. The van der Waals surface area contributed by atoms with Gasteiger partial charge in [0.1, 0.15) is 0 Å². The highest BCUT2D eigenvalue weighted by Gasteiger charge is 2.12. The van der Waals surface area contributed by atoms with Crippen LogP contribution in [0.1, 0.15) is 17.3 Å². The molecule has 0 aliphatic heterocycles. The molecule has 2 aromatic rings. The van der Waals surface area contributed by atoms with Crippen molar-refractivity contribution in [3.8, 4) is 11.1 Å². The molecule has 0 N–H and O–H groups in total. The lowest BCUT2D eigenvalue weighted by Gasteiger charge is -2.05. The molecule has 0 amide bonds. The molecule has 0 unspecified atom stereocenters. The molecule has 21 heavy (non-hydrogen) atoms. The molecule has 0 saturated heterocycles. The van der Waals surface area contributed by atoms with Crippen LogP contribution in [0.3, 0.4) is 0 Å². The predicted molar refractivity (Wildman–Crippen MR) is 80.0 cm³/mol. The molecule has 2 rings (SSSR count). The van der Waals surface area contributed by atoms with Crippen LogP contribution in [0.25, 0.3) is 11.1 Å². The summed E-state index contributed by atoms with van der Waals surface area (Å²) in [4.78, 5) is 22.8.